The molecule has 3 rings (SSSR count). The van der Waals surface area contributed by atoms with Gasteiger partial charge in [-0.15, -0.1) is 0 Å². The van der Waals surface area contributed by atoms with E-state index in [1.165, 1.54) is 6.08 Å². The molecule has 0 spiro atoms. The van der Waals surface area contributed by atoms with Crippen LogP contribution in [0.2, 0.25) is 10.0 Å². The average Bonchev–Trinajstić information content (AvgIpc) is 2.84. The predicted molar refractivity (Wildman–Crippen MR) is 151 cm³/mol. The van der Waals surface area contributed by atoms with Gasteiger partial charge in [0.15, 0.2) is 11.5 Å². The monoisotopic (exact) mass is 636 g/mol. The Bertz CT molecular complexity index is 1320. The molecule has 0 aliphatic rings. The number of methoxy groups -OCH3 is 1. The Kier molecular flexibility index (Phi) is 9.88. The van der Waals surface area contributed by atoms with Crippen LogP contribution < -0.4 is 19.5 Å². The van der Waals surface area contributed by atoms with Crippen LogP contribution in [0.25, 0.3) is 6.08 Å². The molecule has 36 heavy (non-hydrogen) atoms. The number of hydrogen-bond donors (Lipinski definition) is 1. The van der Waals surface area contributed by atoms with Crippen LogP contribution in [0.1, 0.15) is 25.0 Å². The minimum absolute atomic E-state index is 0.0266. The predicted octanol–water partition coefficient (Wildman–Crippen LogP) is 7.52. The van der Waals surface area contributed by atoms with Crippen LogP contribution in [0.4, 0.5) is 5.69 Å². The normalized spacial score (nSPS) is 11.1. The number of amides is 1. The first kappa shape index (κ1) is 27.7. The van der Waals surface area contributed by atoms with Gasteiger partial charge in [-0.3, -0.25) is 4.79 Å². The number of carbonyl (C=O) groups is 1. The van der Waals surface area contributed by atoms with Crippen LogP contribution in [0.3, 0.4) is 0 Å². The lowest BCUT2D eigenvalue weighted by Crippen LogP contribution is -2.13. The molecule has 0 bridgehead atoms. The van der Waals surface area contributed by atoms with Gasteiger partial charge in [-0.25, -0.2) is 0 Å². The Balaban J connectivity index is 1.69. The zero-order chi connectivity index (χ0) is 26.2. The second-order valence-electron chi connectivity index (χ2n) is 7.87. The minimum atomic E-state index is -0.532. The van der Waals surface area contributed by atoms with E-state index in [0.29, 0.717) is 38.5 Å². The van der Waals surface area contributed by atoms with E-state index < -0.39 is 5.91 Å². The SMILES string of the molecule is COc1cc(/C=C(\C#N)C(=O)Nc2ccc(OCc3ccc(Cl)cc3Cl)cc2)cc(I)c1OC(C)C. The molecule has 6 nitrogen and oxygen atoms in total. The van der Waals surface area contributed by atoms with E-state index in [1.54, 1.807) is 55.6 Å². The summed E-state index contributed by atoms with van der Waals surface area (Å²) < 4.78 is 17.8. The molecule has 0 aromatic heterocycles. The molecule has 0 aliphatic heterocycles. The van der Waals surface area contributed by atoms with Crippen molar-refractivity contribution in [3.8, 4) is 23.3 Å². The fourth-order valence-corrected chi connectivity index (χ4v) is 4.34. The van der Waals surface area contributed by atoms with Crippen LogP contribution >= 0.6 is 45.8 Å². The highest BCUT2D eigenvalue weighted by Gasteiger charge is 2.15. The van der Waals surface area contributed by atoms with Gasteiger partial charge < -0.3 is 19.5 Å². The molecule has 9 heteroatoms. The summed E-state index contributed by atoms with van der Waals surface area (Å²) in [7, 11) is 1.54. The molecular formula is C27H23Cl2IN2O4. The first-order valence-corrected chi connectivity index (χ1v) is 12.7. The zero-order valence-corrected chi connectivity index (χ0v) is 23.4. The Morgan fingerprint density at radius 1 is 1.14 bits per heavy atom. The van der Waals surface area contributed by atoms with Gasteiger partial charge in [0.1, 0.15) is 24.0 Å². The van der Waals surface area contributed by atoms with Crippen LogP contribution in [0.5, 0.6) is 17.2 Å². The lowest BCUT2D eigenvalue weighted by Gasteiger charge is -2.16. The summed E-state index contributed by atoms with van der Waals surface area (Å²) in [4.78, 5) is 12.7. The van der Waals surface area contributed by atoms with Crippen LogP contribution in [-0.4, -0.2) is 19.1 Å². The summed E-state index contributed by atoms with van der Waals surface area (Å²) >= 11 is 14.2. The van der Waals surface area contributed by atoms with Gasteiger partial charge in [0, 0.05) is 21.3 Å². The number of hydrogen-bond acceptors (Lipinski definition) is 5. The maximum absolute atomic E-state index is 12.7. The summed E-state index contributed by atoms with van der Waals surface area (Å²) in [5.74, 6) is 1.21. The Hall–Kier alpha value is -2.93. The van der Waals surface area contributed by atoms with Crippen molar-refractivity contribution >= 4 is 63.5 Å². The molecule has 0 fully saturated rings. The Labute approximate surface area is 233 Å². The molecule has 186 valence electrons. The second-order valence-corrected chi connectivity index (χ2v) is 9.88. The van der Waals surface area contributed by atoms with E-state index >= 15 is 0 Å². The lowest BCUT2D eigenvalue weighted by atomic mass is 10.1. The average molecular weight is 637 g/mol. The first-order valence-electron chi connectivity index (χ1n) is 10.8. The van der Waals surface area contributed by atoms with Gasteiger partial charge in [0.2, 0.25) is 0 Å². The lowest BCUT2D eigenvalue weighted by molar-refractivity contribution is -0.112. The summed E-state index contributed by atoms with van der Waals surface area (Å²) in [5, 5.41) is 13.4. The van der Waals surface area contributed by atoms with Gasteiger partial charge in [0.05, 0.1) is 16.8 Å². The zero-order valence-electron chi connectivity index (χ0n) is 19.8. The molecule has 1 N–H and O–H groups in total. The number of nitrogens with one attached hydrogen (secondary N) is 1. The number of anilines is 1. The van der Waals surface area contributed by atoms with Gasteiger partial charge in [0.25, 0.3) is 5.91 Å². The van der Waals surface area contributed by atoms with Gasteiger partial charge in [-0.2, -0.15) is 5.26 Å². The van der Waals surface area contributed by atoms with Gasteiger partial charge in [-0.1, -0.05) is 29.3 Å². The van der Waals surface area contributed by atoms with E-state index in [4.69, 9.17) is 37.4 Å². The molecule has 1 amide bonds. The maximum Gasteiger partial charge on any atom is 0.266 e. The molecular weight excluding hydrogens is 614 g/mol. The summed E-state index contributed by atoms with van der Waals surface area (Å²) in [6.45, 7) is 4.12. The molecule has 0 atom stereocenters. The quantitative estimate of drug-likeness (QED) is 0.149. The van der Waals surface area contributed by atoms with Crippen molar-refractivity contribution in [2.45, 2.75) is 26.6 Å². The standard InChI is InChI=1S/C27H23Cl2IN2O4/c1-16(2)36-26-24(30)11-17(12-25(26)34-3)10-19(14-31)27(33)32-21-6-8-22(9-7-21)35-15-18-4-5-20(28)13-23(18)29/h4-13,16H,15H2,1-3H3,(H,32,33)/b19-10+. The third kappa shape index (κ3) is 7.53. The van der Waals surface area contributed by atoms with Crippen molar-refractivity contribution in [2.24, 2.45) is 0 Å². The van der Waals surface area contributed by atoms with Crippen molar-refractivity contribution in [1.82, 2.24) is 0 Å². The summed E-state index contributed by atoms with van der Waals surface area (Å²) in [6.07, 6.45) is 1.48. The number of nitriles is 1. The van der Waals surface area contributed by atoms with Crippen LogP contribution in [0.15, 0.2) is 60.2 Å². The Morgan fingerprint density at radius 2 is 1.86 bits per heavy atom. The van der Waals surface area contributed by atoms with Crippen LogP contribution in [0, 0.1) is 14.9 Å². The molecule has 0 unspecified atom stereocenters. The van der Waals surface area contributed by atoms with E-state index in [-0.39, 0.29) is 18.3 Å². The van der Waals surface area contributed by atoms with Crippen molar-refractivity contribution in [3.05, 3.63) is 84.9 Å². The van der Waals surface area contributed by atoms with Gasteiger partial charge >= 0.3 is 0 Å². The number of benzene rings is 3. The summed E-state index contributed by atoms with van der Waals surface area (Å²) in [6, 6.07) is 17.5. The fourth-order valence-electron chi connectivity index (χ4n) is 3.12. The highest BCUT2D eigenvalue weighted by atomic mass is 127. The Morgan fingerprint density at radius 3 is 2.47 bits per heavy atom. The van der Waals surface area contributed by atoms with Crippen molar-refractivity contribution in [1.29, 1.82) is 5.26 Å². The molecule has 0 aliphatic carbocycles. The van der Waals surface area contributed by atoms with Crippen molar-refractivity contribution in [3.63, 3.8) is 0 Å². The van der Waals surface area contributed by atoms with E-state index in [0.717, 1.165) is 9.13 Å². The molecule has 0 saturated carbocycles. The largest absolute Gasteiger partial charge is 0.493 e. The maximum atomic E-state index is 12.7. The third-order valence-electron chi connectivity index (χ3n) is 4.80. The molecule has 0 radical (unpaired) electrons. The number of halogens is 3. The van der Waals surface area contributed by atoms with E-state index in [1.807, 2.05) is 26.0 Å². The number of ether oxygens (including phenoxy) is 3. The van der Waals surface area contributed by atoms with E-state index in [9.17, 15) is 10.1 Å². The molecule has 0 saturated heterocycles. The highest BCUT2D eigenvalue weighted by Crippen LogP contribution is 2.35. The number of nitrogens with zero attached hydrogens (tertiary/aromatic N) is 1. The second kappa shape index (κ2) is 12.9. The molecule has 0 heterocycles. The summed E-state index contributed by atoms with van der Waals surface area (Å²) in [5.41, 5.74) is 1.91. The number of carbonyl (C=O) groups excluding carboxylic acids is 1. The van der Waals surface area contributed by atoms with E-state index in [2.05, 4.69) is 27.9 Å². The highest BCUT2D eigenvalue weighted by molar-refractivity contribution is 14.1. The number of rotatable bonds is 9. The minimum Gasteiger partial charge on any atom is -0.493 e. The fraction of sp³-hybridized carbons (Fsp3) is 0.185. The first-order chi connectivity index (χ1) is 17.2. The smallest absolute Gasteiger partial charge is 0.266 e. The molecule has 3 aromatic rings. The van der Waals surface area contributed by atoms with Crippen molar-refractivity contribution < 1.29 is 19.0 Å². The van der Waals surface area contributed by atoms with Gasteiger partial charge in [-0.05, 0) is 96.6 Å². The van der Waals surface area contributed by atoms with Crippen LogP contribution in [-0.2, 0) is 11.4 Å². The third-order valence-corrected chi connectivity index (χ3v) is 6.19. The topological polar surface area (TPSA) is 80.6 Å². The molecule has 3 aromatic carbocycles. The van der Waals surface area contributed by atoms with Crippen molar-refractivity contribution in [2.75, 3.05) is 12.4 Å².